The minimum atomic E-state index is -1.02. The van der Waals surface area contributed by atoms with Crippen molar-refractivity contribution in [2.24, 2.45) is 5.92 Å². The van der Waals surface area contributed by atoms with Crippen LogP contribution >= 0.6 is 0 Å². The van der Waals surface area contributed by atoms with Crippen molar-refractivity contribution in [2.75, 3.05) is 13.1 Å². The Balaban J connectivity index is 2.13. The first kappa shape index (κ1) is 15.6. The zero-order valence-corrected chi connectivity index (χ0v) is 13.0. The van der Waals surface area contributed by atoms with Crippen LogP contribution in [0.2, 0.25) is 0 Å². The molecule has 0 bridgehead atoms. The van der Waals surface area contributed by atoms with Crippen molar-refractivity contribution in [2.45, 2.75) is 39.2 Å². The lowest BCUT2D eigenvalue weighted by molar-refractivity contribution is 0.0787. The number of benzene rings is 1. The van der Waals surface area contributed by atoms with E-state index in [0.29, 0.717) is 11.5 Å². The van der Waals surface area contributed by atoms with Crippen molar-refractivity contribution in [3.63, 3.8) is 0 Å². The van der Waals surface area contributed by atoms with Crippen LogP contribution in [-0.4, -0.2) is 34.6 Å². The molecule has 3 heteroatoms. The van der Waals surface area contributed by atoms with Crippen LogP contribution in [0.5, 0.6) is 0 Å². The Morgan fingerprint density at radius 1 is 1.48 bits per heavy atom. The zero-order valence-electron chi connectivity index (χ0n) is 13.0. The van der Waals surface area contributed by atoms with Crippen LogP contribution in [-0.2, 0) is 0 Å². The van der Waals surface area contributed by atoms with Gasteiger partial charge in [-0.3, -0.25) is 4.79 Å². The lowest BCUT2D eigenvalue weighted by atomic mass is 10.1. The van der Waals surface area contributed by atoms with Crippen molar-refractivity contribution in [3.05, 3.63) is 35.4 Å². The largest absolute Gasteiger partial charge is 0.378 e. The van der Waals surface area contributed by atoms with Crippen LogP contribution in [0, 0.1) is 17.8 Å². The summed E-state index contributed by atoms with van der Waals surface area (Å²) in [6, 6.07) is 7.33. The minimum absolute atomic E-state index is 0.0814. The molecule has 1 heterocycles. The van der Waals surface area contributed by atoms with E-state index in [1.165, 1.54) is 0 Å². The van der Waals surface area contributed by atoms with Gasteiger partial charge in [-0.15, -0.1) is 0 Å². The monoisotopic (exact) mass is 285 g/mol. The second-order valence-electron chi connectivity index (χ2n) is 6.20. The van der Waals surface area contributed by atoms with Gasteiger partial charge < -0.3 is 10.0 Å². The first-order valence-electron chi connectivity index (χ1n) is 7.54. The van der Waals surface area contributed by atoms with Crippen LogP contribution in [0.15, 0.2) is 24.3 Å². The first-order chi connectivity index (χ1) is 9.89. The Kier molecular flexibility index (Phi) is 4.69. The van der Waals surface area contributed by atoms with Crippen LogP contribution in [0.25, 0.3) is 0 Å². The third kappa shape index (κ3) is 4.34. The van der Waals surface area contributed by atoms with Gasteiger partial charge in [-0.2, -0.15) is 0 Å². The molecule has 21 heavy (non-hydrogen) atoms. The first-order valence-corrected chi connectivity index (χ1v) is 7.54. The van der Waals surface area contributed by atoms with Crippen molar-refractivity contribution in [1.29, 1.82) is 0 Å². The van der Waals surface area contributed by atoms with E-state index in [2.05, 4.69) is 18.8 Å². The summed E-state index contributed by atoms with van der Waals surface area (Å²) < 4.78 is 0. The summed E-state index contributed by atoms with van der Waals surface area (Å²) in [5, 5.41) is 9.64. The fraction of sp³-hybridized carbons (Fsp3) is 0.500. The number of carbonyl (C=O) groups is 1. The summed E-state index contributed by atoms with van der Waals surface area (Å²) in [6.07, 6.45) is 2.22. The van der Waals surface area contributed by atoms with Crippen molar-refractivity contribution < 1.29 is 9.90 Å². The third-order valence-corrected chi connectivity index (χ3v) is 3.77. The highest BCUT2D eigenvalue weighted by atomic mass is 16.3. The molecule has 0 aliphatic carbocycles. The number of hydrogen-bond acceptors (Lipinski definition) is 2. The standard InChI is InChI=1S/C18H23NO2/c1-4-14-9-11-19(13-14)17(20)16-7-5-6-15(12-16)8-10-18(2,3)21/h5-7,12,14,21H,4,9,11,13H2,1-3H3. The smallest absolute Gasteiger partial charge is 0.253 e. The Labute approximate surface area is 127 Å². The molecule has 0 spiro atoms. The van der Waals surface area contributed by atoms with E-state index in [0.717, 1.165) is 31.5 Å². The lowest BCUT2D eigenvalue weighted by Crippen LogP contribution is -2.28. The van der Waals surface area contributed by atoms with Crippen LogP contribution in [0.1, 0.15) is 49.5 Å². The molecular weight excluding hydrogens is 262 g/mol. The highest BCUT2D eigenvalue weighted by Crippen LogP contribution is 2.21. The molecule has 1 aliphatic heterocycles. The average molecular weight is 285 g/mol. The molecule has 1 aromatic carbocycles. The summed E-state index contributed by atoms with van der Waals surface area (Å²) >= 11 is 0. The predicted octanol–water partition coefficient (Wildman–Crippen LogP) is 2.68. The van der Waals surface area contributed by atoms with Crippen molar-refractivity contribution in [1.82, 2.24) is 4.90 Å². The maximum Gasteiger partial charge on any atom is 0.253 e. The molecular formula is C18H23NO2. The van der Waals surface area contributed by atoms with E-state index in [1.54, 1.807) is 19.9 Å². The maximum absolute atomic E-state index is 12.5. The molecule has 1 saturated heterocycles. The second kappa shape index (κ2) is 6.32. The van der Waals surface area contributed by atoms with Crippen LogP contribution < -0.4 is 0 Å². The Bertz CT molecular complexity index is 575. The molecule has 1 unspecified atom stereocenters. The number of amides is 1. The van der Waals surface area contributed by atoms with E-state index in [9.17, 15) is 9.90 Å². The van der Waals surface area contributed by atoms with Crippen molar-refractivity contribution >= 4 is 5.91 Å². The van der Waals surface area contributed by atoms with Gasteiger partial charge in [0.1, 0.15) is 5.60 Å². The van der Waals surface area contributed by atoms with Crippen molar-refractivity contribution in [3.8, 4) is 11.8 Å². The van der Waals surface area contributed by atoms with Gasteiger partial charge in [0.05, 0.1) is 0 Å². The van der Waals surface area contributed by atoms with Gasteiger partial charge in [0.15, 0.2) is 0 Å². The molecule has 1 atom stereocenters. The molecule has 3 nitrogen and oxygen atoms in total. The summed E-state index contributed by atoms with van der Waals surface area (Å²) in [4.78, 5) is 14.4. The number of likely N-dealkylation sites (tertiary alicyclic amines) is 1. The predicted molar refractivity (Wildman–Crippen MR) is 83.9 cm³/mol. The molecule has 1 amide bonds. The normalized spacial score (nSPS) is 18.3. The summed E-state index contributed by atoms with van der Waals surface area (Å²) in [6.45, 7) is 7.16. The van der Waals surface area contributed by atoms with Gasteiger partial charge in [0.25, 0.3) is 5.91 Å². The van der Waals surface area contributed by atoms with E-state index in [4.69, 9.17) is 0 Å². The van der Waals surface area contributed by atoms with Gasteiger partial charge >= 0.3 is 0 Å². The molecule has 1 N–H and O–H groups in total. The number of rotatable bonds is 2. The minimum Gasteiger partial charge on any atom is -0.378 e. The van der Waals surface area contributed by atoms with Gasteiger partial charge in [0, 0.05) is 24.2 Å². The maximum atomic E-state index is 12.5. The van der Waals surface area contributed by atoms with Crippen LogP contribution in [0.4, 0.5) is 0 Å². The molecule has 1 aliphatic rings. The zero-order chi connectivity index (χ0) is 15.5. The number of nitrogens with zero attached hydrogens (tertiary/aromatic N) is 1. The molecule has 0 radical (unpaired) electrons. The molecule has 1 aromatic rings. The highest BCUT2D eigenvalue weighted by molar-refractivity contribution is 5.94. The Morgan fingerprint density at radius 2 is 2.24 bits per heavy atom. The molecule has 0 aromatic heterocycles. The van der Waals surface area contributed by atoms with Gasteiger partial charge in [-0.05, 0) is 44.4 Å². The Morgan fingerprint density at radius 3 is 2.86 bits per heavy atom. The average Bonchev–Trinajstić information content (AvgIpc) is 2.93. The quantitative estimate of drug-likeness (QED) is 0.849. The fourth-order valence-corrected chi connectivity index (χ4v) is 2.49. The van der Waals surface area contributed by atoms with E-state index in [1.807, 2.05) is 23.1 Å². The van der Waals surface area contributed by atoms with E-state index >= 15 is 0 Å². The topological polar surface area (TPSA) is 40.5 Å². The molecule has 1 fully saturated rings. The number of aliphatic hydroxyl groups is 1. The fourth-order valence-electron chi connectivity index (χ4n) is 2.49. The third-order valence-electron chi connectivity index (χ3n) is 3.77. The molecule has 0 saturated carbocycles. The number of hydrogen-bond donors (Lipinski definition) is 1. The van der Waals surface area contributed by atoms with Gasteiger partial charge in [-0.1, -0.05) is 31.3 Å². The van der Waals surface area contributed by atoms with E-state index in [-0.39, 0.29) is 5.91 Å². The number of carbonyl (C=O) groups excluding carboxylic acids is 1. The summed E-state index contributed by atoms with van der Waals surface area (Å²) in [5.74, 6) is 6.40. The summed E-state index contributed by atoms with van der Waals surface area (Å²) in [5.41, 5.74) is 0.409. The lowest BCUT2D eigenvalue weighted by Gasteiger charge is -2.16. The van der Waals surface area contributed by atoms with Crippen LogP contribution in [0.3, 0.4) is 0 Å². The highest BCUT2D eigenvalue weighted by Gasteiger charge is 2.25. The SMILES string of the molecule is CCC1CCN(C(=O)c2cccc(C#CC(C)(C)O)c2)C1. The molecule has 2 rings (SSSR count). The Hall–Kier alpha value is -1.79. The van der Waals surface area contributed by atoms with Gasteiger partial charge in [-0.25, -0.2) is 0 Å². The van der Waals surface area contributed by atoms with Gasteiger partial charge in [0.2, 0.25) is 0 Å². The van der Waals surface area contributed by atoms with E-state index < -0.39 is 5.60 Å². The molecule has 112 valence electrons. The summed E-state index contributed by atoms with van der Waals surface area (Å²) in [7, 11) is 0. The second-order valence-corrected chi connectivity index (χ2v) is 6.20.